The fourth-order valence-corrected chi connectivity index (χ4v) is 5.63. The van der Waals surface area contributed by atoms with E-state index in [0.29, 0.717) is 23.6 Å². The topological polar surface area (TPSA) is 46.6 Å². The third-order valence-electron chi connectivity index (χ3n) is 7.10. The Hall–Kier alpha value is -2.62. The summed E-state index contributed by atoms with van der Waals surface area (Å²) in [6, 6.07) is 18.5. The van der Waals surface area contributed by atoms with Crippen LogP contribution in [0.25, 0.3) is 0 Å². The molecular weight excluding hydrogens is 362 g/mol. The first-order valence-corrected chi connectivity index (χ1v) is 10.5. The van der Waals surface area contributed by atoms with Crippen LogP contribution in [0.2, 0.25) is 0 Å². The molecule has 0 aliphatic heterocycles. The zero-order valence-electron chi connectivity index (χ0n) is 17.4. The summed E-state index contributed by atoms with van der Waals surface area (Å²) in [5, 5.41) is 0. The van der Waals surface area contributed by atoms with Crippen molar-refractivity contribution < 1.29 is 14.3 Å². The Morgan fingerprint density at radius 2 is 1.59 bits per heavy atom. The smallest absolute Gasteiger partial charge is 0.338 e. The average molecular weight is 392 g/mol. The first-order valence-electron chi connectivity index (χ1n) is 10.5. The van der Waals surface area contributed by atoms with Gasteiger partial charge in [0.05, 0.1) is 11.1 Å². The van der Waals surface area contributed by atoms with Crippen molar-refractivity contribution in [2.75, 3.05) is 6.54 Å². The lowest BCUT2D eigenvalue weighted by Gasteiger charge is -2.48. The van der Waals surface area contributed by atoms with Crippen molar-refractivity contribution in [3.8, 4) is 0 Å². The molecule has 4 heteroatoms. The summed E-state index contributed by atoms with van der Waals surface area (Å²) in [6.07, 6.45) is 2.50. The first-order chi connectivity index (χ1) is 13.9. The number of carbonyl (C=O) groups excluding carboxylic acids is 2. The summed E-state index contributed by atoms with van der Waals surface area (Å²) in [5.41, 5.74) is 0.622. The lowest BCUT2D eigenvalue weighted by atomic mass is 9.71. The number of nitrogens with zero attached hydrogens (tertiary/aromatic N) is 1. The van der Waals surface area contributed by atoms with Gasteiger partial charge in [-0.15, -0.1) is 0 Å². The van der Waals surface area contributed by atoms with E-state index in [1.54, 1.807) is 12.1 Å². The minimum atomic E-state index is -0.444. The summed E-state index contributed by atoms with van der Waals surface area (Å²) in [6.45, 7) is 6.98. The summed E-state index contributed by atoms with van der Waals surface area (Å²) in [5.74, 6) is 0.153. The molecule has 0 N–H and O–H groups in total. The fraction of sp³-hybridized carbons (Fsp3) is 0.440. The van der Waals surface area contributed by atoms with Crippen LogP contribution in [0, 0.1) is 11.3 Å². The number of hydrogen-bond donors (Lipinski definition) is 0. The summed E-state index contributed by atoms with van der Waals surface area (Å²) < 4.78 is 6.19. The van der Waals surface area contributed by atoms with E-state index >= 15 is 0 Å². The maximum absolute atomic E-state index is 13.4. The Labute approximate surface area is 172 Å². The second-order valence-corrected chi connectivity index (χ2v) is 8.93. The Morgan fingerprint density at radius 3 is 2.17 bits per heavy atom. The SMILES string of the molecule is CCN(C(=O)c1ccccc1)[C@]12CC[C@H](C1)C(C)(C)[C@H]2OC(=O)c1ccccc1. The van der Waals surface area contributed by atoms with Gasteiger partial charge in [0, 0.05) is 17.5 Å². The predicted octanol–water partition coefficient (Wildman–Crippen LogP) is 4.95. The highest BCUT2D eigenvalue weighted by atomic mass is 16.5. The normalized spacial score (nSPS) is 26.9. The van der Waals surface area contributed by atoms with E-state index in [9.17, 15) is 9.59 Å². The molecule has 0 radical (unpaired) electrons. The Kier molecular flexibility index (Phi) is 4.97. The Morgan fingerprint density at radius 1 is 1.00 bits per heavy atom. The molecule has 1 amide bonds. The molecule has 2 saturated carbocycles. The number of carbonyl (C=O) groups is 2. The third kappa shape index (κ3) is 3.15. The molecule has 2 aliphatic carbocycles. The van der Waals surface area contributed by atoms with Crippen molar-refractivity contribution in [2.24, 2.45) is 11.3 Å². The van der Waals surface area contributed by atoms with E-state index in [-0.39, 0.29) is 23.4 Å². The van der Waals surface area contributed by atoms with E-state index < -0.39 is 5.54 Å². The van der Waals surface area contributed by atoms with Gasteiger partial charge in [0.15, 0.2) is 0 Å². The number of amides is 1. The van der Waals surface area contributed by atoms with E-state index in [0.717, 1.165) is 19.3 Å². The van der Waals surface area contributed by atoms with Crippen LogP contribution in [0.4, 0.5) is 0 Å². The van der Waals surface area contributed by atoms with Crippen molar-refractivity contribution in [1.29, 1.82) is 0 Å². The fourth-order valence-electron chi connectivity index (χ4n) is 5.63. The van der Waals surface area contributed by atoms with E-state index in [1.807, 2.05) is 60.4 Å². The minimum Gasteiger partial charge on any atom is -0.456 e. The van der Waals surface area contributed by atoms with Crippen molar-refractivity contribution in [2.45, 2.75) is 51.7 Å². The second kappa shape index (κ2) is 7.33. The quantitative estimate of drug-likeness (QED) is 0.677. The molecule has 152 valence electrons. The van der Waals surface area contributed by atoms with Crippen molar-refractivity contribution in [1.82, 2.24) is 4.90 Å². The van der Waals surface area contributed by atoms with Crippen LogP contribution in [0.5, 0.6) is 0 Å². The predicted molar refractivity (Wildman–Crippen MR) is 113 cm³/mol. The highest BCUT2D eigenvalue weighted by molar-refractivity contribution is 5.95. The number of fused-ring (bicyclic) bond motifs is 2. The van der Waals surface area contributed by atoms with Gasteiger partial charge in [-0.1, -0.05) is 50.2 Å². The van der Waals surface area contributed by atoms with E-state index in [2.05, 4.69) is 13.8 Å². The van der Waals surface area contributed by atoms with Crippen LogP contribution >= 0.6 is 0 Å². The molecule has 2 aromatic carbocycles. The van der Waals surface area contributed by atoms with Crippen LogP contribution in [0.3, 0.4) is 0 Å². The molecule has 0 saturated heterocycles. The lowest BCUT2D eigenvalue weighted by molar-refractivity contribution is -0.0756. The lowest BCUT2D eigenvalue weighted by Crippen LogP contribution is -2.60. The molecular formula is C25H29NO3. The van der Waals surface area contributed by atoms with E-state index in [1.165, 1.54) is 0 Å². The number of hydrogen-bond acceptors (Lipinski definition) is 3. The van der Waals surface area contributed by atoms with Crippen LogP contribution in [-0.4, -0.2) is 35.0 Å². The molecule has 4 rings (SSSR count). The van der Waals surface area contributed by atoms with Crippen LogP contribution < -0.4 is 0 Å². The summed E-state index contributed by atoms with van der Waals surface area (Å²) in [4.78, 5) is 28.3. The third-order valence-corrected chi connectivity index (χ3v) is 7.10. The monoisotopic (exact) mass is 391 g/mol. The van der Waals surface area contributed by atoms with Gasteiger partial charge >= 0.3 is 5.97 Å². The molecule has 0 aromatic heterocycles. The Bertz CT molecular complexity index is 893. The zero-order valence-corrected chi connectivity index (χ0v) is 17.4. The van der Waals surface area contributed by atoms with Crippen LogP contribution in [0.15, 0.2) is 60.7 Å². The maximum atomic E-state index is 13.4. The summed E-state index contributed by atoms with van der Waals surface area (Å²) >= 11 is 0. The number of esters is 1. The van der Waals surface area contributed by atoms with Gasteiger partial charge < -0.3 is 9.64 Å². The highest BCUT2D eigenvalue weighted by Gasteiger charge is 2.66. The molecule has 2 aliphatic rings. The van der Waals surface area contributed by atoms with Gasteiger partial charge in [-0.2, -0.15) is 0 Å². The van der Waals surface area contributed by atoms with Gasteiger partial charge in [0.25, 0.3) is 5.91 Å². The van der Waals surface area contributed by atoms with Gasteiger partial charge in [-0.05, 0) is 56.4 Å². The van der Waals surface area contributed by atoms with E-state index in [4.69, 9.17) is 4.74 Å². The number of benzene rings is 2. The Balaban J connectivity index is 1.69. The van der Waals surface area contributed by atoms with Crippen LogP contribution in [-0.2, 0) is 4.74 Å². The molecule has 3 atom stereocenters. The highest BCUT2D eigenvalue weighted by Crippen LogP contribution is 2.61. The minimum absolute atomic E-state index is 0.0206. The average Bonchev–Trinajstić information content (AvgIpc) is 3.27. The largest absolute Gasteiger partial charge is 0.456 e. The molecule has 4 nitrogen and oxygen atoms in total. The molecule has 2 bridgehead atoms. The first kappa shape index (κ1) is 19.7. The molecule has 2 aromatic rings. The maximum Gasteiger partial charge on any atom is 0.338 e. The molecule has 0 spiro atoms. The van der Waals surface area contributed by atoms with Gasteiger partial charge in [-0.3, -0.25) is 4.79 Å². The van der Waals surface area contributed by atoms with Crippen molar-refractivity contribution in [3.63, 3.8) is 0 Å². The standard InChI is InChI=1S/C25H29NO3/c1-4-26(21(27)18-11-7-5-8-12-18)25-16-15-20(17-25)24(2,3)23(25)29-22(28)19-13-9-6-10-14-19/h5-14,20,23H,4,15-17H2,1-3H3/t20-,23-,25-/m1/s1. The number of rotatable bonds is 5. The van der Waals surface area contributed by atoms with Gasteiger partial charge in [0.2, 0.25) is 0 Å². The number of ether oxygens (including phenoxy) is 1. The summed E-state index contributed by atoms with van der Waals surface area (Å²) in [7, 11) is 0. The molecule has 2 fully saturated rings. The van der Waals surface area contributed by atoms with Crippen molar-refractivity contribution in [3.05, 3.63) is 71.8 Å². The van der Waals surface area contributed by atoms with Crippen LogP contribution in [0.1, 0.15) is 60.7 Å². The molecule has 0 heterocycles. The van der Waals surface area contributed by atoms with Gasteiger partial charge in [-0.25, -0.2) is 4.79 Å². The van der Waals surface area contributed by atoms with Crippen molar-refractivity contribution >= 4 is 11.9 Å². The molecule has 0 unspecified atom stereocenters. The molecule has 29 heavy (non-hydrogen) atoms. The number of likely N-dealkylation sites (N-methyl/N-ethyl adjacent to an activating group) is 1. The second-order valence-electron chi connectivity index (χ2n) is 8.93. The van der Waals surface area contributed by atoms with Gasteiger partial charge in [0.1, 0.15) is 6.10 Å². The zero-order chi connectivity index (χ0) is 20.6.